The summed E-state index contributed by atoms with van der Waals surface area (Å²) in [4.78, 5) is 4.47. The lowest BCUT2D eigenvalue weighted by Crippen LogP contribution is -2.42. The molecular formula is C14H24N2. The first-order chi connectivity index (χ1) is 7.45. The molecule has 90 valence electrons. The standard InChI is InChI=1S/C14H24N2/c1-6-15-13(14(3,4)5)10-12-11(2)8-7-9-16-12/h7-9,13,15H,6,10H2,1-5H3. The number of likely N-dealkylation sites (N-methyl/N-ethyl adjacent to an activating group) is 1. The monoisotopic (exact) mass is 220 g/mol. The van der Waals surface area contributed by atoms with Crippen LogP contribution in [0.5, 0.6) is 0 Å². The highest BCUT2D eigenvalue weighted by Crippen LogP contribution is 2.22. The topological polar surface area (TPSA) is 24.9 Å². The van der Waals surface area contributed by atoms with Gasteiger partial charge in [-0.2, -0.15) is 0 Å². The Morgan fingerprint density at radius 1 is 1.38 bits per heavy atom. The Morgan fingerprint density at radius 2 is 2.06 bits per heavy atom. The molecular weight excluding hydrogens is 196 g/mol. The van der Waals surface area contributed by atoms with Crippen molar-refractivity contribution in [1.29, 1.82) is 0 Å². The highest BCUT2D eigenvalue weighted by Gasteiger charge is 2.24. The van der Waals surface area contributed by atoms with Crippen molar-refractivity contribution in [2.24, 2.45) is 5.41 Å². The van der Waals surface area contributed by atoms with Gasteiger partial charge in [0.25, 0.3) is 0 Å². The van der Waals surface area contributed by atoms with Crippen molar-refractivity contribution < 1.29 is 0 Å². The first-order valence-corrected chi connectivity index (χ1v) is 6.09. The van der Waals surface area contributed by atoms with Crippen LogP contribution in [0.25, 0.3) is 0 Å². The molecule has 1 unspecified atom stereocenters. The molecule has 0 aliphatic heterocycles. The fourth-order valence-electron chi connectivity index (χ4n) is 1.86. The average molecular weight is 220 g/mol. The van der Waals surface area contributed by atoms with Crippen molar-refractivity contribution >= 4 is 0 Å². The fourth-order valence-corrected chi connectivity index (χ4v) is 1.86. The van der Waals surface area contributed by atoms with Crippen LogP contribution in [0.2, 0.25) is 0 Å². The largest absolute Gasteiger partial charge is 0.313 e. The van der Waals surface area contributed by atoms with E-state index in [1.165, 1.54) is 11.3 Å². The Kier molecular flexibility index (Phi) is 4.48. The summed E-state index contributed by atoms with van der Waals surface area (Å²) < 4.78 is 0. The number of aromatic nitrogens is 1. The molecule has 2 heteroatoms. The van der Waals surface area contributed by atoms with Crippen LogP contribution in [0.1, 0.15) is 39.0 Å². The van der Waals surface area contributed by atoms with Gasteiger partial charge in [-0.3, -0.25) is 4.98 Å². The quantitative estimate of drug-likeness (QED) is 0.844. The Balaban J connectivity index is 2.80. The molecule has 1 aromatic heterocycles. The summed E-state index contributed by atoms with van der Waals surface area (Å²) >= 11 is 0. The summed E-state index contributed by atoms with van der Waals surface area (Å²) in [6.45, 7) is 12.1. The van der Waals surface area contributed by atoms with Gasteiger partial charge in [0.2, 0.25) is 0 Å². The van der Waals surface area contributed by atoms with Crippen LogP contribution in [0, 0.1) is 12.3 Å². The van der Waals surface area contributed by atoms with E-state index in [1.807, 2.05) is 12.3 Å². The average Bonchev–Trinajstić information content (AvgIpc) is 2.19. The van der Waals surface area contributed by atoms with Gasteiger partial charge in [-0.15, -0.1) is 0 Å². The lowest BCUT2D eigenvalue weighted by atomic mass is 9.83. The maximum Gasteiger partial charge on any atom is 0.0448 e. The van der Waals surface area contributed by atoms with Gasteiger partial charge >= 0.3 is 0 Å². The van der Waals surface area contributed by atoms with Crippen molar-refractivity contribution in [2.75, 3.05) is 6.54 Å². The molecule has 0 aromatic carbocycles. The first kappa shape index (κ1) is 13.2. The first-order valence-electron chi connectivity index (χ1n) is 6.09. The molecule has 0 aliphatic carbocycles. The SMILES string of the molecule is CCNC(Cc1ncccc1C)C(C)(C)C. The molecule has 0 aliphatic rings. The van der Waals surface area contributed by atoms with Crippen LogP contribution in [0.3, 0.4) is 0 Å². The Labute approximate surface area is 99.5 Å². The van der Waals surface area contributed by atoms with Gasteiger partial charge < -0.3 is 5.32 Å². The highest BCUT2D eigenvalue weighted by atomic mass is 14.9. The number of nitrogens with one attached hydrogen (secondary N) is 1. The van der Waals surface area contributed by atoms with E-state index in [4.69, 9.17) is 0 Å². The Bertz CT molecular complexity index is 326. The molecule has 0 saturated heterocycles. The van der Waals surface area contributed by atoms with Crippen LogP contribution < -0.4 is 5.32 Å². The number of rotatable bonds is 4. The van der Waals surface area contributed by atoms with E-state index >= 15 is 0 Å². The number of hydrogen-bond acceptors (Lipinski definition) is 2. The van der Waals surface area contributed by atoms with E-state index in [2.05, 4.69) is 51.0 Å². The van der Waals surface area contributed by atoms with Gasteiger partial charge in [0.05, 0.1) is 0 Å². The summed E-state index contributed by atoms with van der Waals surface area (Å²) in [5.74, 6) is 0. The summed E-state index contributed by atoms with van der Waals surface area (Å²) in [6, 6.07) is 4.61. The normalized spacial score (nSPS) is 13.8. The molecule has 2 nitrogen and oxygen atoms in total. The van der Waals surface area contributed by atoms with Crippen molar-refractivity contribution in [3.63, 3.8) is 0 Å². The summed E-state index contributed by atoms with van der Waals surface area (Å²) in [6.07, 6.45) is 2.89. The number of aryl methyl sites for hydroxylation is 1. The zero-order chi connectivity index (χ0) is 12.2. The summed E-state index contributed by atoms with van der Waals surface area (Å²) in [5.41, 5.74) is 2.76. The summed E-state index contributed by atoms with van der Waals surface area (Å²) in [5, 5.41) is 3.56. The van der Waals surface area contributed by atoms with Gasteiger partial charge in [-0.05, 0) is 30.5 Å². The second-order valence-corrected chi connectivity index (χ2v) is 5.45. The van der Waals surface area contributed by atoms with Crippen molar-refractivity contribution in [1.82, 2.24) is 10.3 Å². The third-order valence-electron chi connectivity index (χ3n) is 3.01. The zero-order valence-corrected chi connectivity index (χ0v) is 11.2. The maximum atomic E-state index is 4.47. The van der Waals surface area contributed by atoms with Crippen LogP contribution >= 0.6 is 0 Å². The van der Waals surface area contributed by atoms with Gasteiger partial charge in [-0.1, -0.05) is 33.8 Å². The molecule has 0 spiro atoms. The number of hydrogen-bond donors (Lipinski definition) is 1. The Hall–Kier alpha value is -0.890. The van der Waals surface area contributed by atoms with Crippen LogP contribution in [0.4, 0.5) is 0 Å². The molecule has 1 N–H and O–H groups in total. The Morgan fingerprint density at radius 3 is 2.56 bits per heavy atom. The number of pyridine rings is 1. The predicted molar refractivity (Wildman–Crippen MR) is 69.6 cm³/mol. The molecule has 0 bridgehead atoms. The van der Waals surface area contributed by atoms with E-state index in [0.29, 0.717) is 6.04 Å². The van der Waals surface area contributed by atoms with E-state index in [1.54, 1.807) is 0 Å². The van der Waals surface area contributed by atoms with E-state index in [0.717, 1.165) is 13.0 Å². The second kappa shape index (κ2) is 5.44. The molecule has 0 amide bonds. The van der Waals surface area contributed by atoms with Crippen LogP contribution in [-0.4, -0.2) is 17.6 Å². The minimum atomic E-state index is 0.264. The van der Waals surface area contributed by atoms with Gasteiger partial charge in [0.1, 0.15) is 0 Å². The minimum absolute atomic E-state index is 0.264. The van der Waals surface area contributed by atoms with E-state index < -0.39 is 0 Å². The van der Waals surface area contributed by atoms with E-state index in [-0.39, 0.29) is 5.41 Å². The van der Waals surface area contributed by atoms with Crippen LogP contribution in [0.15, 0.2) is 18.3 Å². The molecule has 0 radical (unpaired) electrons. The molecule has 1 aromatic rings. The molecule has 0 fully saturated rings. The van der Waals surface area contributed by atoms with Gasteiger partial charge in [0, 0.05) is 24.4 Å². The molecule has 0 saturated carbocycles. The maximum absolute atomic E-state index is 4.47. The molecule has 1 atom stereocenters. The second-order valence-electron chi connectivity index (χ2n) is 5.45. The van der Waals surface area contributed by atoms with Crippen LogP contribution in [-0.2, 0) is 6.42 Å². The lowest BCUT2D eigenvalue weighted by Gasteiger charge is -2.31. The van der Waals surface area contributed by atoms with Crippen molar-refractivity contribution in [2.45, 2.75) is 47.1 Å². The smallest absolute Gasteiger partial charge is 0.0448 e. The predicted octanol–water partition coefficient (Wildman–Crippen LogP) is 2.96. The minimum Gasteiger partial charge on any atom is -0.313 e. The van der Waals surface area contributed by atoms with Gasteiger partial charge in [0.15, 0.2) is 0 Å². The van der Waals surface area contributed by atoms with Crippen molar-refractivity contribution in [3.8, 4) is 0 Å². The third-order valence-corrected chi connectivity index (χ3v) is 3.01. The lowest BCUT2D eigenvalue weighted by molar-refractivity contribution is 0.268. The number of nitrogens with zero attached hydrogens (tertiary/aromatic N) is 1. The van der Waals surface area contributed by atoms with Gasteiger partial charge in [-0.25, -0.2) is 0 Å². The molecule has 16 heavy (non-hydrogen) atoms. The molecule has 1 rings (SSSR count). The third kappa shape index (κ3) is 3.60. The van der Waals surface area contributed by atoms with Crippen molar-refractivity contribution in [3.05, 3.63) is 29.6 Å². The van der Waals surface area contributed by atoms with E-state index in [9.17, 15) is 0 Å². The fraction of sp³-hybridized carbons (Fsp3) is 0.643. The highest BCUT2D eigenvalue weighted by molar-refractivity contribution is 5.19. The zero-order valence-electron chi connectivity index (χ0n) is 11.2. The summed E-state index contributed by atoms with van der Waals surface area (Å²) in [7, 11) is 0. The molecule has 1 heterocycles.